The molecule has 7 nitrogen and oxygen atoms in total. The number of hydrogen-bond acceptors (Lipinski definition) is 4. The molecular formula is C30H31Cl3F3N3O4S. The topological polar surface area (TPSA) is 86.8 Å². The van der Waals surface area contributed by atoms with Crippen molar-refractivity contribution < 1.29 is 31.2 Å². The SMILES string of the molecule is CCCCNC(=O)C(Cc1ccccc1)N(Cc1ccc(Cl)c(Cl)c1)C(=O)CN(c1ccc(Cl)c(C(F)(F)F)c1)S(C)(=O)=O. The fourth-order valence-electron chi connectivity index (χ4n) is 4.39. The first-order chi connectivity index (χ1) is 20.6. The molecule has 0 heterocycles. The molecular weight excluding hydrogens is 662 g/mol. The van der Waals surface area contributed by atoms with E-state index in [1.54, 1.807) is 36.4 Å². The van der Waals surface area contributed by atoms with Gasteiger partial charge in [0.05, 0.1) is 32.6 Å². The number of carbonyl (C=O) groups excluding carboxylic acids is 2. The first kappa shape index (κ1) is 35.5. The van der Waals surface area contributed by atoms with Crippen molar-refractivity contribution >= 4 is 62.3 Å². The van der Waals surface area contributed by atoms with Gasteiger partial charge in [0.1, 0.15) is 12.6 Å². The zero-order valence-electron chi connectivity index (χ0n) is 23.9. The minimum absolute atomic E-state index is 0.0733. The molecule has 0 fully saturated rings. The van der Waals surface area contributed by atoms with Crippen LogP contribution in [0.5, 0.6) is 0 Å². The van der Waals surface area contributed by atoms with Crippen molar-refractivity contribution in [2.24, 2.45) is 0 Å². The molecule has 0 bridgehead atoms. The van der Waals surface area contributed by atoms with Gasteiger partial charge >= 0.3 is 6.18 Å². The molecule has 3 aromatic carbocycles. The summed E-state index contributed by atoms with van der Waals surface area (Å²) in [6, 6.07) is 15.0. The van der Waals surface area contributed by atoms with E-state index >= 15 is 0 Å². The Kier molecular flexibility index (Phi) is 12.4. The van der Waals surface area contributed by atoms with Crippen LogP contribution in [0, 0.1) is 0 Å². The summed E-state index contributed by atoms with van der Waals surface area (Å²) in [6.07, 6.45) is -2.55. The number of unbranched alkanes of at least 4 members (excludes halogenated alkanes) is 1. The fourth-order valence-corrected chi connectivity index (χ4v) is 5.78. The molecule has 3 rings (SSSR count). The average Bonchev–Trinajstić information content (AvgIpc) is 2.95. The first-order valence-corrected chi connectivity index (χ1v) is 16.5. The number of carbonyl (C=O) groups is 2. The molecule has 238 valence electrons. The molecule has 0 saturated heterocycles. The van der Waals surface area contributed by atoms with Gasteiger partial charge in [-0.1, -0.05) is 84.5 Å². The standard InChI is InChI=1S/C30H31Cl3F3N3O4S/c1-3-4-14-37-29(41)27(16-20-8-6-5-7-9-20)38(18-21-10-12-25(32)26(33)15-21)28(40)19-39(44(2,42)43)22-11-13-24(31)23(17-22)30(34,35)36/h5-13,15,17,27H,3-4,14,16,18-19H2,1-2H3,(H,37,41). The van der Waals surface area contributed by atoms with Gasteiger partial charge in [0.25, 0.3) is 0 Å². The number of halogens is 6. The van der Waals surface area contributed by atoms with Gasteiger partial charge in [0, 0.05) is 19.5 Å². The highest BCUT2D eigenvalue weighted by Crippen LogP contribution is 2.37. The lowest BCUT2D eigenvalue weighted by atomic mass is 10.0. The summed E-state index contributed by atoms with van der Waals surface area (Å²) in [7, 11) is -4.29. The van der Waals surface area contributed by atoms with E-state index in [9.17, 15) is 31.2 Å². The monoisotopic (exact) mass is 691 g/mol. The summed E-state index contributed by atoms with van der Waals surface area (Å²) >= 11 is 18.0. The van der Waals surface area contributed by atoms with Crippen LogP contribution in [0.25, 0.3) is 0 Å². The number of nitrogens with one attached hydrogen (secondary N) is 1. The molecule has 1 N–H and O–H groups in total. The summed E-state index contributed by atoms with van der Waals surface area (Å²) in [5, 5.41) is 2.67. The van der Waals surface area contributed by atoms with Crippen molar-refractivity contribution in [1.29, 1.82) is 0 Å². The van der Waals surface area contributed by atoms with Crippen LogP contribution in [0.1, 0.15) is 36.5 Å². The third-order valence-corrected chi connectivity index (χ3v) is 8.87. The maximum atomic E-state index is 14.1. The maximum Gasteiger partial charge on any atom is 0.417 e. The molecule has 0 saturated carbocycles. The van der Waals surface area contributed by atoms with Crippen molar-refractivity contribution in [3.8, 4) is 0 Å². The number of sulfonamides is 1. The van der Waals surface area contributed by atoms with E-state index in [1.165, 1.54) is 17.0 Å². The largest absolute Gasteiger partial charge is 0.417 e. The van der Waals surface area contributed by atoms with E-state index in [1.807, 2.05) is 6.92 Å². The lowest BCUT2D eigenvalue weighted by Gasteiger charge is -2.33. The number of amides is 2. The highest BCUT2D eigenvalue weighted by Gasteiger charge is 2.36. The summed E-state index contributed by atoms with van der Waals surface area (Å²) in [6.45, 7) is 1.22. The second-order valence-electron chi connectivity index (χ2n) is 10.1. The van der Waals surface area contributed by atoms with Crippen molar-refractivity contribution in [1.82, 2.24) is 10.2 Å². The van der Waals surface area contributed by atoms with E-state index in [2.05, 4.69) is 5.32 Å². The van der Waals surface area contributed by atoms with Crippen LogP contribution in [-0.2, 0) is 38.8 Å². The number of hydrogen-bond donors (Lipinski definition) is 1. The average molecular weight is 693 g/mol. The Labute approximate surface area is 269 Å². The van der Waals surface area contributed by atoms with Gasteiger partial charge < -0.3 is 10.2 Å². The van der Waals surface area contributed by atoms with Crippen LogP contribution in [0.3, 0.4) is 0 Å². The van der Waals surface area contributed by atoms with Crippen molar-refractivity contribution in [3.05, 3.63) is 98.5 Å². The van der Waals surface area contributed by atoms with Crippen molar-refractivity contribution in [2.75, 3.05) is 23.7 Å². The quantitative estimate of drug-likeness (QED) is 0.196. The van der Waals surface area contributed by atoms with Gasteiger partial charge in [-0.2, -0.15) is 13.2 Å². The number of rotatable bonds is 13. The van der Waals surface area contributed by atoms with E-state index in [0.29, 0.717) is 28.9 Å². The highest BCUT2D eigenvalue weighted by molar-refractivity contribution is 7.92. The lowest BCUT2D eigenvalue weighted by Crippen LogP contribution is -2.53. The number of nitrogens with zero attached hydrogens (tertiary/aromatic N) is 2. The number of benzene rings is 3. The van der Waals surface area contributed by atoms with Gasteiger partial charge in [-0.25, -0.2) is 8.42 Å². The Morgan fingerprint density at radius 3 is 2.16 bits per heavy atom. The second kappa shape index (κ2) is 15.3. The summed E-state index contributed by atoms with van der Waals surface area (Å²) < 4.78 is 67.2. The van der Waals surface area contributed by atoms with Crippen LogP contribution < -0.4 is 9.62 Å². The Hall–Kier alpha value is -2.99. The Balaban J connectivity index is 2.10. The van der Waals surface area contributed by atoms with Crippen LogP contribution in [0.15, 0.2) is 66.7 Å². The van der Waals surface area contributed by atoms with Gasteiger partial charge in [-0.3, -0.25) is 13.9 Å². The molecule has 0 aliphatic carbocycles. The first-order valence-electron chi connectivity index (χ1n) is 13.5. The van der Waals surface area contributed by atoms with Gasteiger partial charge in [0.15, 0.2) is 0 Å². The Morgan fingerprint density at radius 1 is 0.909 bits per heavy atom. The zero-order chi connectivity index (χ0) is 32.7. The van der Waals surface area contributed by atoms with Crippen LogP contribution in [0.2, 0.25) is 15.1 Å². The van der Waals surface area contributed by atoms with E-state index in [4.69, 9.17) is 34.8 Å². The number of anilines is 1. The zero-order valence-corrected chi connectivity index (χ0v) is 27.0. The molecule has 0 aliphatic rings. The highest BCUT2D eigenvalue weighted by atomic mass is 35.5. The molecule has 2 amide bonds. The molecule has 0 radical (unpaired) electrons. The predicted molar refractivity (Wildman–Crippen MR) is 168 cm³/mol. The van der Waals surface area contributed by atoms with Gasteiger partial charge in [0.2, 0.25) is 21.8 Å². The van der Waals surface area contributed by atoms with E-state index in [0.717, 1.165) is 30.4 Å². The van der Waals surface area contributed by atoms with Gasteiger partial charge in [-0.05, 0) is 47.9 Å². The van der Waals surface area contributed by atoms with Crippen LogP contribution >= 0.6 is 34.8 Å². The smallest absolute Gasteiger partial charge is 0.354 e. The Bertz CT molecular complexity index is 1570. The lowest BCUT2D eigenvalue weighted by molar-refractivity contribution is -0.140. The minimum Gasteiger partial charge on any atom is -0.354 e. The second-order valence-corrected chi connectivity index (χ2v) is 13.2. The molecule has 44 heavy (non-hydrogen) atoms. The molecule has 0 aliphatic heterocycles. The maximum absolute atomic E-state index is 14.1. The summed E-state index contributed by atoms with van der Waals surface area (Å²) in [4.78, 5) is 28.9. The molecule has 1 unspecified atom stereocenters. The van der Waals surface area contributed by atoms with E-state index in [-0.39, 0.29) is 23.0 Å². The predicted octanol–water partition coefficient (Wildman–Crippen LogP) is 6.99. The summed E-state index contributed by atoms with van der Waals surface area (Å²) in [5.74, 6) is -1.32. The van der Waals surface area contributed by atoms with E-state index < -0.39 is 56.9 Å². The van der Waals surface area contributed by atoms with Crippen LogP contribution in [-0.4, -0.2) is 50.5 Å². The normalized spacial score (nSPS) is 12.5. The van der Waals surface area contributed by atoms with Crippen molar-refractivity contribution in [3.63, 3.8) is 0 Å². The van der Waals surface area contributed by atoms with Crippen LogP contribution in [0.4, 0.5) is 18.9 Å². The third kappa shape index (κ3) is 9.76. The van der Waals surface area contributed by atoms with Crippen molar-refractivity contribution in [2.45, 2.75) is 44.9 Å². The third-order valence-electron chi connectivity index (χ3n) is 6.66. The molecule has 1 atom stereocenters. The summed E-state index contributed by atoms with van der Waals surface area (Å²) in [5.41, 5.74) is -0.465. The Morgan fingerprint density at radius 2 is 1.57 bits per heavy atom. The molecule has 0 aromatic heterocycles. The number of alkyl halides is 3. The molecule has 3 aromatic rings. The molecule has 14 heteroatoms. The van der Waals surface area contributed by atoms with Gasteiger partial charge in [-0.15, -0.1) is 0 Å². The molecule has 0 spiro atoms. The fraction of sp³-hybridized carbons (Fsp3) is 0.333. The minimum atomic E-state index is -4.88.